The first-order chi connectivity index (χ1) is 9.45. The van der Waals surface area contributed by atoms with E-state index in [4.69, 9.17) is 11.6 Å². The second-order valence-corrected chi connectivity index (χ2v) is 7.94. The van der Waals surface area contributed by atoms with Gasteiger partial charge in [-0.25, -0.2) is 4.98 Å². The van der Waals surface area contributed by atoms with Gasteiger partial charge in [-0.05, 0) is 42.0 Å². The highest BCUT2D eigenvalue weighted by Gasteiger charge is 2.38. The molecular formula is C16H19ClN2S. The Kier molecular flexibility index (Phi) is 3.61. The van der Waals surface area contributed by atoms with E-state index < -0.39 is 0 Å². The molecule has 1 aliphatic carbocycles. The molecule has 1 aliphatic rings. The monoisotopic (exact) mass is 306 g/mol. The van der Waals surface area contributed by atoms with E-state index in [1.54, 1.807) is 11.3 Å². The smallest absolute Gasteiger partial charge is 0.107 e. The van der Waals surface area contributed by atoms with Crippen molar-refractivity contribution < 1.29 is 0 Å². The highest BCUT2D eigenvalue weighted by Crippen LogP contribution is 2.46. The maximum Gasteiger partial charge on any atom is 0.107 e. The Bertz CT molecular complexity index is 633. The Hall–Kier alpha value is -0.900. The van der Waals surface area contributed by atoms with E-state index in [1.807, 2.05) is 12.3 Å². The molecule has 0 saturated carbocycles. The molecule has 20 heavy (non-hydrogen) atoms. The summed E-state index contributed by atoms with van der Waals surface area (Å²) in [6.07, 6.45) is 3.03. The van der Waals surface area contributed by atoms with E-state index in [0.29, 0.717) is 6.04 Å². The molecule has 0 aliphatic heterocycles. The first-order valence-corrected chi connectivity index (χ1v) is 8.08. The van der Waals surface area contributed by atoms with Crippen molar-refractivity contribution in [3.63, 3.8) is 0 Å². The maximum absolute atomic E-state index is 6.16. The number of aromatic nitrogens is 1. The molecule has 0 radical (unpaired) electrons. The Morgan fingerprint density at radius 3 is 2.95 bits per heavy atom. The molecule has 4 heteroatoms. The lowest BCUT2D eigenvalue weighted by Crippen LogP contribution is -2.30. The second-order valence-electron chi connectivity index (χ2n) is 6.19. The first-order valence-electron chi connectivity index (χ1n) is 6.89. The van der Waals surface area contributed by atoms with Gasteiger partial charge >= 0.3 is 0 Å². The van der Waals surface area contributed by atoms with Crippen molar-refractivity contribution in [3.8, 4) is 0 Å². The predicted octanol–water partition coefficient (Wildman–Crippen LogP) is 4.52. The fraction of sp³-hybridized carbons (Fsp3) is 0.438. The van der Waals surface area contributed by atoms with Gasteiger partial charge in [0.2, 0.25) is 0 Å². The van der Waals surface area contributed by atoms with Crippen LogP contribution in [-0.2, 0) is 13.0 Å². The number of aryl methyl sites for hydroxylation is 1. The number of nitrogens with one attached hydrogen (secondary N) is 1. The number of fused-ring (bicyclic) bond motifs is 1. The summed E-state index contributed by atoms with van der Waals surface area (Å²) in [5.74, 6) is 0. The normalized spacial score (nSPS) is 20.1. The van der Waals surface area contributed by atoms with Crippen molar-refractivity contribution in [3.05, 3.63) is 50.4 Å². The maximum atomic E-state index is 6.16. The number of thiazole rings is 1. The highest BCUT2D eigenvalue weighted by molar-refractivity contribution is 7.11. The zero-order chi connectivity index (χ0) is 14.3. The Morgan fingerprint density at radius 2 is 2.25 bits per heavy atom. The average Bonchev–Trinajstić information content (AvgIpc) is 2.87. The third kappa shape index (κ3) is 2.62. The van der Waals surface area contributed by atoms with Crippen LogP contribution in [0.3, 0.4) is 0 Å². The molecule has 2 aromatic rings. The zero-order valence-electron chi connectivity index (χ0n) is 12.0. The molecule has 1 N–H and O–H groups in total. The summed E-state index contributed by atoms with van der Waals surface area (Å²) in [6, 6.07) is 6.59. The van der Waals surface area contributed by atoms with Crippen LogP contribution in [0.5, 0.6) is 0 Å². The van der Waals surface area contributed by atoms with Crippen molar-refractivity contribution in [2.24, 2.45) is 5.41 Å². The summed E-state index contributed by atoms with van der Waals surface area (Å²) >= 11 is 7.92. The number of hydrogen-bond acceptors (Lipinski definition) is 3. The van der Waals surface area contributed by atoms with Crippen LogP contribution in [0.2, 0.25) is 5.02 Å². The molecule has 2 nitrogen and oxygen atoms in total. The van der Waals surface area contributed by atoms with E-state index >= 15 is 0 Å². The minimum Gasteiger partial charge on any atom is -0.303 e. The van der Waals surface area contributed by atoms with Gasteiger partial charge in [0.15, 0.2) is 0 Å². The van der Waals surface area contributed by atoms with E-state index in [9.17, 15) is 0 Å². The molecule has 0 amide bonds. The summed E-state index contributed by atoms with van der Waals surface area (Å²) in [7, 11) is 0. The van der Waals surface area contributed by atoms with Gasteiger partial charge in [-0.3, -0.25) is 0 Å². The van der Waals surface area contributed by atoms with Crippen LogP contribution in [0.1, 0.15) is 40.9 Å². The number of nitrogens with zero attached hydrogens (tertiary/aromatic N) is 1. The van der Waals surface area contributed by atoms with E-state index in [-0.39, 0.29) is 5.41 Å². The summed E-state index contributed by atoms with van der Waals surface area (Å²) in [5, 5.41) is 5.64. The van der Waals surface area contributed by atoms with Crippen LogP contribution in [0.25, 0.3) is 0 Å². The van der Waals surface area contributed by atoms with E-state index in [1.165, 1.54) is 16.0 Å². The highest BCUT2D eigenvalue weighted by atomic mass is 35.5. The zero-order valence-corrected chi connectivity index (χ0v) is 13.6. The van der Waals surface area contributed by atoms with Gasteiger partial charge in [0.1, 0.15) is 5.01 Å². The number of benzene rings is 1. The molecule has 1 aromatic carbocycles. The lowest BCUT2D eigenvalue weighted by atomic mass is 9.85. The molecule has 0 saturated heterocycles. The number of rotatable bonds is 3. The third-order valence-corrected chi connectivity index (χ3v) is 5.12. The Morgan fingerprint density at radius 1 is 1.45 bits per heavy atom. The molecule has 1 atom stereocenters. The first kappa shape index (κ1) is 14.1. The van der Waals surface area contributed by atoms with E-state index in [2.05, 4.69) is 43.2 Å². The van der Waals surface area contributed by atoms with Crippen LogP contribution < -0.4 is 5.32 Å². The van der Waals surface area contributed by atoms with Crippen LogP contribution in [-0.4, -0.2) is 4.98 Å². The van der Waals surface area contributed by atoms with Crippen molar-refractivity contribution >= 4 is 22.9 Å². The molecule has 1 unspecified atom stereocenters. The predicted molar refractivity (Wildman–Crippen MR) is 85.4 cm³/mol. The van der Waals surface area contributed by atoms with Gasteiger partial charge in [-0.1, -0.05) is 31.5 Å². The molecule has 0 bridgehead atoms. The van der Waals surface area contributed by atoms with Crippen molar-refractivity contribution in [1.82, 2.24) is 10.3 Å². The molecule has 3 rings (SSSR count). The summed E-state index contributed by atoms with van der Waals surface area (Å²) in [6.45, 7) is 7.53. The average molecular weight is 307 g/mol. The van der Waals surface area contributed by atoms with Crippen molar-refractivity contribution in [2.75, 3.05) is 0 Å². The molecule has 106 valence electrons. The van der Waals surface area contributed by atoms with Gasteiger partial charge in [0.25, 0.3) is 0 Å². The van der Waals surface area contributed by atoms with Crippen LogP contribution >= 0.6 is 22.9 Å². The molecule has 0 spiro atoms. The van der Waals surface area contributed by atoms with Crippen LogP contribution in [0.15, 0.2) is 24.4 Å². The van der Waals surface area contributed by atoms with E-state index in [0.717, 1.165) is 23.0 Å². The van der Waals surface area contributed by atoms with Crippen molar-refractivity contribution in [1.29, 1.82) is 0 Å². The summed E-state index contributed by atoms with van der Waals surface area (Å²) in [5.41, 5.74) is 2.96. The SMILES string of the molecule is Cc1cnc(CNC2c3cc(Cl)ccc3CC2(C)C)s1. The second kappa shape index (κ2) is 5.14. The number of halogens is 1. The lowest BCUT2D eigenvalue weighted by Gasteiger charge is -2.28. The number of hydrogen-bond donors (Lipinski definition) is 1. The standard InChI is InChI=1S/C16H19ClN2S/c1-10-8-18-14(20-10)9-19-15-13-6-12(17)5-4-11(13)7-16(15,2)3/h4-6,8,15,19H,7,9H2,1-3H3. The Labute approximate surface area is 129 Å². The largest absolute Gasteiger partial charge is 0.303 e. The summed E-state index contributed by atoms with van der Waals surface area (Å²) < 4.78 is 0. The Balaban J connectivity index is 1.83. The molecular weight excluding hydrogens is 288 g/mol. The fourth-order valence-electron chi connectivity index (χ4n) is 3.07. The lowest BCUT2D eigenvalue weighted by molar-refractivity contribution is 0.268. The van der Waals surface area contributed by atoms with Crippen LogP contribution in [0.4, 0.5) is 0 Å². The van der Waals surface area contributed by atoms with Crippen LogP contribution in [0, 0.1) is 12.3 Å². The minimum atomic E-state index is 0.208. The van der Waals surface area contributed by atoms with Gasteiger partial charge in [0.05, 0.1) is 0 Å². The van der Waals surface area contributed by atoms with Gasteiger partial charge in [0, 0.05) is 28.7 Å². The topological polar surface area (TPSA) is 24.9 Å². The van der Waals surface area contributed by atoms with Gasteiger partial charge < -0.3 is 5.32 Å². The molecule has 1 heterocycles. The third-order valence-electron chi connectivity index (χ3n) is 3.97. The minimum absolute atomic E-state index is 0.208. The fourth-order valence-corrected chi connectivity index (χ4v) is 3.99. The summed E-state index contributed by atoms with van der Waals surface area (Å²) in [4.78, 5) is 5.69. The molecule has 1 aromatic heterocycles. The molecule has 0 fully saturated rings. The van der Waals surface area contributed by atoms with Crippen molar-refractivity contribution in [2.45, 2.75) is 39.8 Å². The quantitative estimate of drug-likeness (QED) is 0.902. The van der Waals surface area contributed by atoms with Gasteiger partial charge in [-0.2, -0.15) is 0 Å². The van der Waals surface area contributed by atoms with Gasteiger partial charge in [-0.15, -0.1) is 11.3 Å².